The van der Waals surface area contributed by atoms with Crippen molar-refractivity contribution in [3.05, 3.63) is 39.5 Å². The number of hydrogen-bond donors (Lipinski definition) is 2. The highest BCUT2D eigenvalue weighted by Crippen LogP contribution is 2.20. The van der Waals surface area contributed by atoms with Crippen LogP contribution in [-0.4, -0.2) is 22.0 Å². The zero-order chi connectivity index (χ0) is 13.0. The van der Waals surface area contributed by atoms with Gasteiger partial charge in [-0.25, -0.2) is 9.78 Å². The first-order valence-electron chi connectivity index (χ1n) is 4.87. The van der Waals surface area contributed by atoms with Crippen LogP contribution >= 0.6 is 22.7 Å². The summed E-state index contributed by atoms with van der Waals surface area (Å²) in [5.74, 6) is -1.24. The summed E-state index contributed by atoms with van der Waals surface area (Å²) in [5, 5.41) is 13.4. The molecule has 2 rings (SSSR count). The van der Waals surface area contributed by atoms with Crippen LogP contribution in [0.5, 0.6) is 0 Å². The molecule has 0 bridgehead atoms. The van der Waals surface area contributed by atoms with E-state index in [0.29, 0.717) is 14.9 Å². The number of rotatable bonds is 4. The van der Waals surface area contributed by atoms with Gasteiger partial charge in [0.15, 0.2) is 5.13 Å². The van der Waals surface area contributed by atoms with Gasteiger partial charge in [0.1, 0.15) is 0 Å². The van der Waals surface area contributed by atoms with Gasteiger partial charge in [-0.15, -0.1) is 11.3 Å². The number of carboxylic acids is 1. The third-order valence-electron chi connectivity index (χ3n) is 1.88. The number of amides is 1. The van der Waals surface area contributed by atoms with E-state index in [4.69, 9.17) is 5.11 Å². The van der Waals surface area contributed by atoms with Gasteiger partial charge in [0, 0.05) is 17.2 Å². The van der Waals surface area contributed by atoms with Gasteiger partial charge in [0.25, 0.3) is 5.91 Å². The summed E-state index contributed by atoms with van der Waals surface area (Å²) in [6.45, 7) is 0. The number of thiophene rings is 1. The van der Waals surface area contributed by atoms with Crippen molar-refractivity contribution in [2.45, 2.75) is 0 Å². The molecule has 0 aliphatic carbocycles. The second-order valence-corrected chi connectivity index (χ2v) is 5.18. The Kier molecular flexibility index (Phi) is 3.85. The fourth-order valence-corrected chi connectivity index (χ4v) is 2.47. The van der Waals surface area contributed by atoms with Crippen LogP contribution in [0.4, 0.5) is 5.13 Å². The molecule has 0 aromatic carbocycles. The number of thiazole rings is 1. The number of nitrogens with one attached hydrogen (secondary N) is 1. The lowest BCUT2D eigenvalue weighted by Gasteiger charge is -1.96. The maximum absolute atomic E-state index is 11.7. The minimum Gasteiger partial charge on any atom is -0.478 e. The molecule has 0 saturated heterocycles. The molecule has 5 nitrogen and oxygen atoms in total. The van der Waals surface area contributed by atoms with E-state index in [0.717, 1.165) is 6.08 Å². The molecule has 2 N–H and O–H groups in total. The normalized spacial score (nSPS) is 10.7. The molecule has 18 heavy (non-hydrogen) atoms. The van der Waals surface area contributed by atoms with E-state index in [2.05, 4.69) is 10.3 Å². The van der Waals surface area contributed by atoms with E-state index in [1.807, 2.05) is 5.38 Å². The highest BCUT2D eigenvalue weighted by atomic mass is 32.1. The van der Waals surface area contributed by atoms with Crippen LogP contribution in [-0.2, 0) is 4.79 Å². The number of aromatic nitrogens is 1. The molecule has 0 atom stereocenters. The standard InChI is InChI=1S/C11H8N2O3S2/c14-9(15)4-3-7-6-12-11(18-7)13-10(16)8-2-1-5-17-8/h1-6H,(H,14,15)(H,12,13,16)/b4-3+. The Morgan fingerprint density at radius 2 is 2.28 bits per heavy atom. The summed E-state index contributed by atoms with van der Waals surface area (Å²) in [7, 11) is 0. The first-order chi connectivity index (χ1) is 8.65. The van der Waals surface area contributed by atoms with Gasteiger partial charge >= 0.3 is 5.97 Å². The van der Waals surface area contributed by atoms with Crippen molar-refractivity contribution >= 4 is 45.8 Å². The third kappa shape index (κ3) is 3.25. The van der Waals surface area contributed by atoms with Crippen molar-refractivity contribution in [1.82, 2.24) is 4.98 Å². The molecular formula is C11H8N2O3S2. The summed E-state index contributed by atoms with van der Waals surface area (Å²) >= 11 is 2.56. The summed E-state index contributed by atoms with van der Waals surface area (Å²) in [4.78, 5) is 27.3. The molecule has 1 amide bonds. The van der Waals surface area contributed by atoms with E-state index in [1.54, 1.807) is 12.1 Å². The number of carbonyl (C=O) groups excluding carboxylic acids is 1. The molecule has 2 aromatic heterocycles. The SMILES string of the molecule is O=C(O)/C=C/c1cnc(NC(=O)c2cccs2)s1. The lowest BCUT2D eigenvalue weighted by molar-refractivity contribution is -0.131. The molecule has 7 heteroatoms. The van der Waals surface area contributed by atoms with Crippen molar-refractivity contribution in [3.63, 3.8) is 0 Å². The van der Waals surface area contributed by atoms with Crippen LogP contribution < -0.4 is 5.32 Å². The van der Waals surface area contributed by atoms with Crippen LogP contribution in [0.25, 0.3) is 6.08 Å². The van der Waals surface area contributed by atoms with Gasteiger partial charge in [-0.1, -0.05) is 17.4 Å². The van der Waals surface area contributed by atoms with Crippen molar-refractivity contribution in [2.75, 3.05) is 5.32 Å². The van der Waals surface area contributed by atoms with Crippen molar-refractivity contribution in [1.29, 1.82) is 0 Å². The van der Waals surface area contributed by atoms with Gasteiger partial charge in [-0.3, -0.25) is 10.1 Å². The van der Waals surface area contributed by atoms with E-state index in [-0.39, 0.29) is 5.91 Å². The average molecular weight is 280 g/mol. The number of hydrogen-bond acceptors (Lipinski definition) is 5. The Hall–Kier alpha value is -1.99. The quantitative estimate of drug-likeness (QED) is 0.843. The first kappa shape index (κ1) is 12.5. The van der Waals surface area contributed by atoms with Gasteiger partial charge < -0.3 is 5.11 Å². The largest absolute Gasteiger partial charge is 0.478 e. The number of nitrogens with zero attached hydrogens (tertiary/aromatic N) is 1. The molecule has 0 aliphatic rings. The second-order valence-electron chi connectivity index (χ2n) is 3.17. The Bertz CT molecular complexity index is 587. The zero-order valence-corrected chi connectivity index (χ0v) is 10.6. The molecule has 0 saturated carbocycles. The Morgan fingerprint density at radius 1 is 1.44 bits per heavy atom. The molecular weight excluding hydrogens is 272 g/mol. The van der Waals surface area contributed by atoms with Gasteiger partial charge in [0.05, 0.1) is 4.88 Å². The summed E-state index contributed by atoms with van der Waals surface area (Å²) < 4.78 is 0. The van der Waals surface area contributed by atoms with Crippen LogP contribution in [0.15, 0.2) is 29.8 Å². The lowest BCUT2D eigenvalue weighted by Crippen LogP contribution is -2.09. The molecule has 0 unspecified atom stereocenters. The van der Waals surface area contributed by atoms with Crippen molar-refractivity contribution in [3.8, 4) is 0 Å². The van der Waals surface area contributed by atoms with Crippen LogP contribution in [0.1, 0.15) is 14.5 Å². The Morgan fingerprint density at radius 3 is 2.94 bits per heavy atom. The Labute approximate surface area is 110 Å². The second kappa shape index (κ2) is 5.56. The van der Waals surface area contributed by atoms with Gasteiger partial charge in [-0.05, 0) is 17.5 Å². The Balaban J connectivity index is 2.03. The number of carbonyl (C=O) groups is 2. The third-order valence-corrected chi connectivity index (χ3v) is 3.63. The minimum atomic E-state index is -1.02. The van der Waals surface area contributed by atoms with E-state index >= 15 is 0 Å². The summed E-state index contributed by atoms with van der Waals surface area (Å²) in [6.07, 6.45) is 3.97. The smallest absolute Gasteiger partial charge is 0.328 e. The molecule has 0 aliphatic heterocycles. The van der Waals surface area contributed by atoms with Crippen molar-refractivity contribution < 1.29 is 14.7 Å². The van der Waals surface area contributed by atoms with E-state index in [1.165, 1.54) is 34.9 Å². The lowest BCUT2D eigenvalue weighted by atomic mass is 10.4. The summed E-state index contributed by atoms with van der Waals surface area (Å²) in [6, 6.07) is 3.52. The monoisotopic (exact) mass is 280 g/mol. The number of carboxylic acid groups (broad SMARTS) is 1. The van der Waals surface area contributed by atoms with E-state index in [9.17, 15) is 9.59 Å². The molecule has 0 spiro atoms. The fraction of sp³-hybridized carbons (Fsp3) is 0. The maximum Gasteiger partial charge on any atom is 0.328 e. The summed E-state index contributed by atoms with van der Waals surface area (Å²) in [5.41, 5.74) is 0. The van der Waals surface area contributed by atoms with Crippen molar-refractivity contribution in [2.24, 2.45) is 0 Å². The first-order valence-corrected chi connectivity index (χ1v) is 6.56. The predicted octanol–water partition coefficient (Wildman–Crippen LogP) is 2.55. The predicted molar refractivity (Wildman–Crippen MR) is 71.1 cm³/mol. The number of anilines is 1. The van der Waals surface area contributed by atoms with Gasteiger partial charge in [0.2, 0.25) is 0 Å². The fourth-order valence-electron chi connectivity index (χ4n) is 1.14. The molecule has 0 radical (unpaired) electrons. The van der Waals surface area contributed by atoms with Crippen LogP contribution in [0, 0.1) is 0 Å². The highest BCUT2D eigenvalue weighted by Gasteiger charge is 2.08. The average Bonchev–Trinajstić information content (AvgIpc) is 2.97. The molecule has 0 fully saturated rings. The molecule has 2 aromatic rings. The minimum absolute atomic E-state index is 0.215. The van der Waals surface area contributed by atoms with Gasteiger partial charge in [-0.2, -0.15) is 0 Å². The van der Waals surface area contributed by atoms with Crippen LogP contribution in [0.3, 0.4) is 0 Å². The number of aliphatic carboxylic acids is 1. The topological polar surface area (TPSA) is 79.3 Å². The molecule has 2 heterocycles. The zero-order valence-electron chi connectivity index (χ0n) is 8.99. The molecule has 92 valence electrons. The van der Waals surface area contributed by atoms with Crippen LogP contribution in [0.2, 0.25) is 0 Å². The van der Waals surface area contributed by atoms with E-state index < -0.39 is 5.97 Å². The highest BCUT2D eigenvalue weighted by molar-refractivity contribution is 7.16. The maximum atomic E-state index is 11.7.